The van der Waals surface area contributed by atoms with Crippen LogP contribution in [-0.4, -0.2) is 26.3 Å². The molecule has 0 saturated carbocycles. The number of anilines is 1. The predicted molar refractivity (Wildman–Crippen MR) is 74.0 cm³/mol. The molecule has 3 nitrogen and oxygen atoms in total. The molecule has 0 aromatic heterocycles. The lowest BCUT2D eigenvalue weighted by Gasteiger charge is -2.19. The van der Waals surface area contributed by atoms with Gasteiger partial charge in [0.05, 0.1) is 16.7 Å². The van der Waals surface area contributed by atoms with Gasteiger partial charge in [-0.2, -0.15) is 0 Å². The smallest absolute Gasteiger partial charge is 0.160 e. The molecule has 18 heavy (non-hydrogen) atoms. The highest BCUT2D eigenvalue weighted by Gasteiger charge is 2.11. The van der Waals surface area contributed by atoms with E-state index in [1.165, 1.54) is 12.1 Å². The average Bonchev–Trinajstić information content (AvgIpc) is 2.33. The molecule has 6 heteroatoms. The maximum Gasteiger partial charge on any atom is 0.160 e. The molecule has 0 bridgehead atoms. The van der Waals surface area contributed by atoms with E-state index >= 15 is 0 Å². The summed E-state index contributed by atoms with van der Waals surface area (Å²) >= 11 is 11.5. The molecule has 0 radical (unpaired) electrons. The molecular formula is C12H17Cl2FN2O. The molecule has 1 aromatic rings. The minimum Gasteiger partial charge on any atom is -0.383 e. The maximum absolute atomic E-state index is 13.3. The van der Waals surface area contributed by atoms with E-state index in [2.05, 4.69) is 5.32 Å². The largest absolute Gasteiger partial charge is 0.383 e. The second-order valence-corrected chi connectivity index (χ2v) is 4.80. The van der Waals surface area contributed by atoms with Crippen molar-refractivity contribution in [2.45, 2.75) is 18.9 Å². The van der Waals surface area contributed by atoms with Crippen molar-refractivity contribution in [3.63, 3.8) is 0 Å². The number of halogens is 3. The third-order valence-corrected chi connectivity index (χ3v) is 3.03. The zero-order chi connectivity index (χ0) is 13.5. The van der Waals surface area contributed by atoms with Gasteiger partial charge in [-0.05, 0) is 31.5 Å². The first-order chi connectivity index (χ1) is 8.58. The third-order valence-electron chi connectivity index (χ3n) is 2.48. The van der Waals surface area contributed by atoms with E-state index < -0.39 is 5.82 Å². The molecule has 1 rings (SSSR count). The summed E-state index contributed by atoms with van der Waals surface area (Å²) in [6, 6.07) is 3.11. The summed E-state index contributed by atoms with van der Waals surface area (Å²) in [6.45, 7) is 1.15. The van der Waals surface area contributed by atoms with Crippen molar-refractivity contribution < 1.29 is 9.13 Å². The van der Waals surface area contributed by atoms with E-state index in [4.69, 9.17) is 33.7 Å². The van der Waals surface area contributed by atoms with Gasteiger partial charge in [-0.3, -0.25) is 0 Å². The highest BCUT2D eigenvalue weighted by Crippen LogP contribution is 2.27. The molecule has 0 fully saturated rings. The van der Waals surface area contributed by atoms with Crippen LogP contribution in [0.2, 0.25) is 10.0 Å². The Morgan fingerprint density at radius 2 is 2.00 bits per heavy atom. The Balaban J connectivity index is 2.73. The van der Waals surface area contributed by atoms with Crippen LogP contribution in [0.25, 0.3) is 0 Å². The van der Waals surface area contributed by atoms with Gasteiger partial charge in [-0.15, -0.1) is 0 Å². The molecule has 0 aliphatic heterocycles. The molecule has 0 aliphatic rings. The first-order valence-corrected chi connectivity index (χ1v) is 6.44. The Morgan fingerprint density at radius 3 is 2.50 bits per heavy atom. The Morgan fingerprint density at radius 1 is 1.39 bits per heavy atom. The van der Waals surface area contributed by atoms with Crippen LogP contribution in [0.3, 0.4) is 0 Å². The number of ether oxygens (including phenoxy) is 1. The molecule has 102 valence electrons. The number of hydrogen-bond donors (Lipinski definition) is 2. The van der Waals surface area contributed by atoms with Gasteiger partial charge in [0.25, 0.3) is 0 Å². The number of benzene rings is 1. The third kappa shape index (κ3) is 4.61. The molecule has 0 aliphatic carbocycles. The maximum atomic E-state index is 13.3. The summed E-state index contributed by atoms with van der Waals surface area (Å²) in [7, 11) is 1.63. The zero-order valence-corrected chi connectivity index (χ0v) is 11.7. The van der Waals surface area contributed by atoms with Gasteiger partial charge < -0.3 is 15.8 Å². The lowest BCUT2D eigenvalue weighted by atomic mass is 10.1. The predicted octanol–water partition coefficient (Wildman–Crippen LogP) is 3.30. The van der Waals surface area contributed by atoms with E-state index in [-0.39, 0.29) is 16.1 Å². The topological polar surface area (TPSA) is 47.3 Å². The van der Waals surface area contributed by atoms with Crippen LogP contribution in [0.1, 0.15) is 12.8 Å². The fourth-order valence-corrected chi connectivity index (χ4v) is 2.12. The van der Waals surface area contributed by atoms with Crippen molar-refractivity contribution in [1.29, 1.82) is 0 Å². The summed E-state index contributed by atoms with van der Waals surface area (Å²) in [5, 5.41) is 3.21. The highest BCUT2D eigenvalue weighted by atomic mass is 35.5. The van der Waals surface area contributed by atoms with E-state index in [0.29, 0.717) is 18.8 Å². The number of nitrogens with one attached hydrogen (secondary N) is 1. The van der Waals surface area contributed by atoms with Crippen LogP contribution in [-0.2, 0) is 4.74 Å². The number of nitrogens with two attached hydrogens (primary N) is 1. The summed E-state index contributed by atoms with van der Waals surface area (Å²) in [4.78, 5) is 0. The lowest BCUT2D eigenvalue weighted by Crippen LogP contribution is -2.25. The number of methoxy groups -OCH3 is 1. The van der Waals surface area contributed by atoms with Gasteiger partial charge in [-0.25, -0.2) is 4.39 Å². The standard InChI is InChI=1S/C12H17Cl2FN2O/c1-18-7-8(3-2-4-16)17-9-5-10(13)12(15)11(14)6-9/h5-6,8,17H,2-4,7,16H2,1H3. The van der Waals surface area contributed by atoms with Crippen molar-refractivity contribution in [2.75, 3.05) is 25.6 Å². The van der Waals surface area contributed by atoms with Crippen LogP contribution in [0.4, 0.5) is 10.1 Å². The summed E-state index contributed by atoms with van der Waals surface area (Å²) in [5.74, 6) is -0.603. The van der Waals surface area contributed by atoms with Gasteiger partial charge in [-0.1, -0.05) is 23.2 Å². The molecule has 0 heterocycles. The molecule has 0 saturated heterocycles. The van der Waals surface area contributed by atoms with Crippen molar-refractivity contribution in [2.24, 2.45) is 5.73 Å². The fourth-order valence-electron chi connectivity index (χ4n) is 1.64. The fraction of sp³-hybridized carbons (Fsp3) is 0.500. The van der Waals surface area contributed by atoms with Crippen LogP contribution in [0.5, 0.6) is 0 Å². The van der Waals surface area contributed by atoms with Crippen LogP contribution < -0.4 is 11.1 Å². The summed E-state index contributed by atoms with van der Waals surface area (Å²) in [5.41, 5.74) is 6.15. The van der Waals surface area contributed by atoms with E-state index in [9.17, 15) is 4.39 Å². The monoisotopic (exact) mass is 294 g/mol. The summed E-state index contributed by atoms with van der Waals surface area (Å²) in [6.07, 6.45) is 1.74. The minimum absolute atomic E-state index is 0.00000769. The molecule has 1 atom stereocenters. The van der Waals surface area contributed by atoms with Gasteiger partial charge in [0.1, 0.15) is 0 Å². The average molecular weight is 295 g/mol. The van der Waals surface area contributed by atoms with E-state index in [0.717, 1.165) is 12.8 Å². The Kier molecular flexibility index (Phi) is 6.71. The molecule has 0 spiro atoms. The van der Waals surface area contributed by atoms with E-state index in [1.54, 1.807) is 7.11 Å². The second-order valence-electron chi connectivity index (χ2n) is 3.98. The summed E-state index contributed by atoms with van der Waals surface area (Å²) < 4.78 is 18.4. The first kappa shape index (κ1) is 15.5. The van der Waals surface area contributed by atoms with Crippen molar-refractivity contribution in [3.8, 4) is 0 Å². The quantitative estimate of drug-likeness (QED) is 0.759. The van der Waals surface area contributed by atoms with Gasteiger partial charge in [0.2, 0.25) is 0 Å². The second kappa shape index (κ2) is 7.79. The molecule has 1 unspecified atom stereocenters. The van der Waals surface area contributed by atoms with Crippen molar-refractivity contribution in [3.05, 3.63) is 28.0 Å². The van der Waals surface area contributed by atoms with Crippen LogP contribution in [0.15, 0.2) is 12.1 Å². The lowest BCUT2D eigenvalue weighted by molar-refractivity contribution is 0.182. The Labute approximate surface area is 116 Å². The van der Waals surface area contributed by atoms with Crippen LogP contribution >= 0.6 is 23.2 Å². The SMILES string of the molecule is COCC(CCCN)Nc1cc(Cl)c(F)c(Cl)c1. The van der Waals surface area contributed by atoms with Crippen LogP contribution in [0, 0.1) is 5.82 Å². The number of hydrogen-bond acceptors (Lipinski definition) is 3. The van der Waals surface area contributed by atoms with Gasteiger partial charge in [0, 0.05) is 18.8 Å². The molecule has 3 N–H and O–H groups in total. The Bertz CT molecular complexity index is 367. The highest BCUT2D eigenvalue weighted by molar-refractivity contribution is 6.35. The molecule has 0 amide bonds. The van der Waals surface area contributed by atoms with Crippen molar-refractivity contribution in [1.82, 2.24) is 0 Å². The van der Waals surface area contributed by atoms with E-state index in [1.807, 2.05) is 0 Å². The number of rotatable bonds is 7. The van der Waals surface area contributed by atoms with Crippen molar-refractivity contribution >= 4 is 28.9 Å². The van der Waals surface area contributed by atoms with Gasteiger partial charge >= 0.3 is 0 Å². The normalized spacial score (nSPS) is 12.5. The molecule has 1 aromatic carbocycles. The first-order valence-electron chi connectivity index (χ1n) is 5.68. The minimum atomic E-state index is -0.603. The zero-order valence-electron chi connectivity index (χ0n) is 10.2. The Hall–Kier alpha value is -0.550. The molecular weight excluding hydrogens is 278 g/mol. The van der Waals surface area contributed by atoms with Gasteiger partial charge in [0.15, 0.2) is 5.82 Å².